The highest BCUT2D eigenvalue weighted by Gasteiger charge is 2.37. The molecular formula is C15H22N4O2S. The van der Waals surface area contributed by atoms with Crippen molar-refractivity contribution in [2.24, 2.45) is 5.41 Å². The van der Waals surface area contributed by atoms with Crippen molar-refractivity contribution in [1.29, 1.82) is 0 Å². The average molecular weight is 322 g/mol. The SMILES string of the molecule is CCC1(Cn2cc(-c3csc(CCCOC)n3)nn2)COC1. The van der Waals surface area contributed by atoms with Gasteiger partial charge in [0.2, 0.25) is 0 Å². The summed E-state index contributed by atoms with van der Waals surface area (Å²) in [6, 6.07) is 0. The molecule has 0 aromatic carbocycles. The molecule has 22 heavy (non-hydrogen) atoms. The smallest absolute Gasteiger partial charge is 0.132 e. The van der Waals surface area contributed by atoms with E-state index in [9.17, 15) is 0 Å². The Morgan fingerprint density at radius 1 is 1.41 bits per heavy atom. The summed E-state index contributed by atoms with van der Waals surface area (Å²) in [5.41, 5.74) is 2.00. The van der Waals surface area contributed by atoms with Crippen molar-refractivity contribution in [3.63, 3.8) is 0 Å². The zero-order valence-electron chi connectivity index (χ0n) is 13.1. The molecule has 6 nitrogen and oxygen atoms in total. The monoisotopic (exact) mass is 322 g/mol. The molecule has 0 spiro atoms. The van der Waals surface area contributed by atoms with Gasteiger partial charge in [-0.15, -0.1) is 16.4 Å². The normalized spacial score (nSPS) is 16.6. The maximum atomic E-state index is 5.36. The first kappa shape index (κ1) is 15.6. The van der Waals surface area contributed by atoms with Gasteiger partial charge in [-0.25, -0.2) is 4.98 Å². The molecule has 0 atom stereocenters. The van der Waals surface area contributed by atoms with Crippen molar-refractivity contribution in [3.05, 3.63) is 16.6 Å². The zero-order valence-corrected chi connectivity index (χ0v) is 13.9. The Balaban J connectivity index is 1.63. The number of aryl methyl sites for hydroxylation is 1. The second-order valence-electron chi connectivity index (χ2n) is 5.87. The predicted molar refractivity (Wildman–Crippen MR) is 84.9 cm³/mol. The second kappa shape index (κ2) is 6.85. The number of aromatic nitrogens is 4. The lowest BCUT2D eigenvalue weighted by atomic mass is 9.83. The van der Waals surface area contributed by atoms with E-state index in [-0.39, 0.29) is 5.41 Å². The molecular weight excluding hydrogens is 300 g/mol. The second-order valence-corrected chi connectivity index (χ2v) is 6.81. The first-order chi connectivity index (χ1) is 10.7. The Hall–Kier alpha value is -1.31. The van der Waals surface area contributed by atoms with Gasteiger partial charge >= 0.3 is 0 Å². The molecule has 0 unspecified atom stereocenters. The third-order valence-electron chi connectivity index (χ3n) is 4.16. The lowest BCUT2D eigenvalue weighted by Crippen LogP contribution is -2.45. The Kier molecular flexibility index (Phi) is 4.85. The Morgan fingerprint density at radius 3 is 2.95 bits per heavy atom. The van der Waals surface area contributed by atoms with E-state index in [1.54, 1.807) is 18.4 Å². The highest BCUT2D eigenvalue weighted by molar-refractivity contribution is 7.09. The van der Waals surface area contributed by atoms with Gasteiger partial charge in [-0.2, -0.15) is 0 Å². The van der Waals surface area contributed by atoms with Crippen LogP contribution < -0.4 is 0 Å². The quantitative estimate of drug-likeness (QED) is 0.698. The van der Waals surface area contributed by atoms with E-state index < -0.39 is 0 Å². The highest BCUT2D eigenvalue weighted by Crippen LogP contribution is 2.33. The molecule has 7 heteroatoms. The van der Waals surface area contributed by atoms with Crippen LogP contribution in [0.3, 0.4) is 0 Å². The minimum Gasteiger partial charge on any atom is -0.385 e. The van der Waals surface area contributed by atoms with Crippen LogP contribution in [-0.2, 0) is 22.4 Å². The summed E-state index contributed by atoms with van der Waals surface area (Å²) >= 11 is 1.67. The van der Waals surface area contributed by atoms with Crippen molar-refractivity contribution in [2.45, 2.75) is 32.7 Å². The van der Waals surface area contributed by atoms with Crippen LogP contribution in [0.5, 0.6) is 0 Å². The Bertz CT molecular complexity index is 601. The van der Waals surface area contributed by atoms with Crippen molar-refractivity contribution in [1.82, 2.24) is 20.0 Å². The first-order valence-corrected chi connectivity index (χ1v) is 8.54. The van der Waals surface area contributed by atoms with Gasteiger partial charge in [-0.3, -0.25) is 4.68 Å². The van der Waals surface area contributed by atoms with Crippen molar-refractivity contribution in [3.8, 4) is 11.4 Å². The van der Waals surface area contributed by atoms with E-state index in [4.69, 9.17) is 9.47 Å². The fraction of sp³-hybridized carbons (Fsp3) is 0.667. The number of hydrogen-bond acceptors (Lipinski definition) is 6. The number of methoxy groups -OCH3 is 1. The van der Waals surface area contributed by atoms with Crippen LogP contribution in [0.2, 0.25) is 0 Å². The number of hydrogen-bond donors (Lipinski definition) is 0. The molecule has 0 amide bonds. The van der Waals surface area contributed by atoms with E-state index >= 15 is 0 Å². The summed E-state index contributed by atoms with van der Waals surface area (Å²) in [6.07, 6.45) is 5.03. The van der Waals surface area contributed by atoms with Crippen LogP contribution in [0.25, 0.3) is 11.4 Å². The summed E-state index contributed by atoms with van der Waals surface area (Å²) in [7, 11) is 1.72. The van der Waals surface area contributed by atoms with E-state index in [2.05, 4.69) is 27.6 Å². The first-order valence-electron chi connectivity index (χ1n) is 7.66. The van der Waals surface area contributed by atoms with Gasteiger partial charge in [-0.1, -0.05) is 12.1 Å². The third-order valence-corrected chi connectivity index (χ3v) is 5.06. The molecule has 1 aliphatic heterocycles. The summed E-state index contributed by atoms with van der Waals surface area (Å²) in [5.74, 6) is 0. The van der Waals surface area contributed by atoms with Crippen molar-refractivity contribution < 1.29 is 9.47 Å². The molecule has 1 fully saturated rings. The zero-order chi connectivity index (χ0) is 15.4. The maximum Gasteiger partial charge on any atom is 0.132 e. The van der Waals surface area contributed by atoms with Gasteiger partial charge < -0.3 is 9.47 Å². The van der Waals surface area contributed by atoms with Crippen molar-refractivity contribution >= 4 is 11.3 Å². The standard InChI is InChI=1S/C15H22N4O2S/c1-3-15(10-21-11-15)9-19-7-12(17-18-19)13-8-22-14(16-13)5-4-6-20-2/h7-8H,3-6,9-11H2,1-2H3. The summed E-state index contributed by atoms with van der Waals surface area (Å²) in [5, 5.41) is 11.7. The highest BCUT2D eigenvalue weighted by atomic mass is 32.1. The fourth-order valence-corrected chi connectivity index (χ4v) is 3.38. The fourth-order valence-electron chi connectivity index (χ4n) is 2.55. The van der Waals surface area contributed by atoms with Gasteiger partial charge in [0.1, 0.15) is 11.4 Å². The molecule has 1 saturated heterocycles. The van der Waals surface area contributed by atoms with Crippen LogP contribution in [0.1, 0.15) is 24.8 Å². The van der Waals surface area contributed by atoms with E-state index in [0.29, 0.717) is 0 Å². The molecule has 3 heterocycles. The third kappa shape index (κ3) is 3.37. The summed E-state index contributed by atoms with van der Waals surface area (Å²) < 4.78 is 12.4. The molecule has 120 valence electrons. The molecule has 2 aromatic heterocycles. The van der Waals surface area contributed by atoms with Gasteiger partial charge in [0.15, 0.2) is 0 Å². The summed E-state index contributed by atoms with van der Waals surface area (Å²) in [6.45, 7) is 5.47. The molecule has 2 aromatic rings. The lowest BCUT2D eigenvalue weighted by Gasteiger charge is -2.40. The molecule has 3 rings (SSSR count). The van der Waals surface area contributed by atoms with Gasteiger partial charge in [0.25, 0.3) is 0 Å². The summed E-state index contributed by atoms with van der Waals surface area (Å²) in [4.78, 5) is 4.64. The average Bonchev–Trinajstić information content (AvgIpc) is 3.12. The predicted octanol–water partition coefficient (Wildman–Crippen LogP) is 2.41. The Morgan fingerprint density at radius 2 is 2.27 bits per heavy atom. The van der Waals surface area contributed by atoms with Crippen LogP contribution in [0, 0.1) is 5.41 Å². The largest absolute Gasteiger partial charge is 0.385 e. The number of nitrogens with zero attached hydrogens (tertiary/aromatic N) is 4. The van der Waals surface area contributed by atoms with Gasteiger partial charge in [-0.05, 0) is 12.8 Å². The maximum absolute atomic E-state index is 5.36. The minimum absolute atomic E-state index is 0.234. The van der Waals surface area contributed by atoms with Crippen molar-refractivity contribution in [2.75, 3.05) is 26.9 Å². The van der Waals surface area contributed by atoms with Crippen LogP contribution in [0.4, 0.5) is 0 Å². The lowest BCUT2D eigenvalue weighted by molar-refractivity contribution is -0.125. The van der Waals surface area contributed by atoms with E-state index in [1.807, 2.05) is 10.9 Å². The molecule has 0 N–H and O–H groups in total. The van der Waals surface area contributed by atoms with E-state index in [1.165, 1.54) is 0 Å². The molecule has 0 saturated carbocycles. The molecule has 0 aliphatic carbocycles. The van der Waals surface area contributed by atoms with Crippen LogP contribution in [-0.4, -0.2) is 46.9 Å². The van der Waals surface area contributed by atoms with Gasteiger partial charge in [0, 0.05) is 30.9 Å². The molecule has 1 aliphatic rings. The van der Waals surface area contributed by atoms with E-state index in [0.717, 1.165) is 62.0 Å². The minimum atomic E-state index is 0.234. The molecule has 0 radical (unpaired) electrons. The Labute approximate surface area is 134 Å². The van der Waals surface area contributed by atoms with Crippen LogP contribution in [0.15, 0.2) is 11.6 Å². The number of thiazole rings is 1. The topological polar surface area (TPSA) is 62.1 Å². The van der Waals surface area contributed by atoms with Crippen LogP contribution >= 0.6 is 11.3 Å². The number of rotatable bonds is 8. The number of ether oxygens (including phenoxy) is 2. The molecule has 0 bridgehead atoms. The van der Waals surface area contributed by atoms with Gasteiger partial charge in [0.05, 0.1) is 31.0 Å².